The molecular weight excluding hydrogens is 276 g/mol. The zero-order chi connectivity index (χ0) is 15.4. The topological polar surface area (TPSA) is 44.7 Å². The van der Waals surface area contributed by atoms with Crippen LogP contribution in [0.3, 0.4) is 0 Å². The highest BCUT2D eigenvalue weighted by molar-refractivity contribution is 5.18. The van der Waals surface area contributed by atoms with Gasteiger partial charge in [-0.15, -0.1) is 0 Å². The molecule has 2 N–H and O–H groups in total. The number of hydrogen-bond acceptors (Lipinski definition) is 4. The molecule has 0 radical (unpaired) electrons. The van der Waals surface area contributed by atoms with Crippen molar-refractivity contribution < 1.29 is 9.84 Å². The van der Waals surface area contributed by atoms with Gasteiger partial charge in [0, 0.05) is 57.8 Å². The van der Waals surface area contributed by atoms with Crippen LogP contribution in [-0.2, 0) is 4.74 Å². The van der Waals surface area contributed by atoms with Crippen LogP contribution in [0.5, 0.6) is 0 Å². The van der Waals surface area contributed by atoms with E-state index in [1.807, 2.05) is 0 Å². The molecule has 2 aliphatic rings. The predicted molar refractivity (Wildman–Crippen MR) is 87.8 cm³/mol. The van der Waals surface area contributed by atoms with E-state index in [0.29, 0.717) is 31.8 Å². The molecule has 3 rings (SSSR count). The molecule has 122 valence electrons. The van der Waals surface area contributed by atoms with Crippen LogP contribution in [0.1, 0.15) is 37.8 Å². The summed E-state index contributed by atoms with van der Waals surface area (Å²) < 4.78 is 5.34. The summed E-state index contributed by atoms with van der Waals surface area (Å²) in [5.74, 6) is 0. The summed E-state index contributed by atoms with van der Waals surface area (Å²) >= 11 is 0. The van der Waals surface area contributed by atoms with E-state index < -0.39 is 5.60 Å². The largest absolute Gasteiger partial charge is 0.388 e. The van der Waals surface area contributed by atoms with Gasteiger partial charge >= 0.3 is 0 Å². The molecule has 0 spiro atoms. The van der Waals surface area contributed by atoms with Gasteiger partial charge in [0.05, 0.1) is 5.60 Å². The van der Waals surface area contributed by atoms with Crippen LogP contribution in [0.25, 0.3) is 0 Å². The Morgan fingerprint density at radius 2 is 2.05 bits per heavy atom. The van der Waals surface area contributed by atoms with Crippen molar-refractivity contribution in [2.45, 2.75) is 43.9 Å². The molecule has 0 amide bonds. The lowest BCUT2D eigenvalue weighted by Crippen LogP contribution is -2.48. The average Bonchev–Trinajstić information content (AvgIpc) is 3.03. The minimum absolute atomic E-state index is 0.458. The molecule has 2 atom stereocenters. The first kappa shape index (κ1) is 15.9. The van der Waals surface area contributed by atoms with E-state index in [4.69, 9.17) is 4.74 Å². The van der Waals surface area contributed by atoms with Gasteiger partial charge in [-0.25, -0.2) is 0 Å². The van der Waals surface area contributed by atoms with Crippen LogP contribution >= 0.6 is 0 Å². The van der Waals surface area contributed by atoms with Gasteiger partial charge in [-0.05, 0) is 18.9 Å². The number of aliphatic hydroxyl groups is 1. The lowest BCUT2D eigenvalue weighted by Gasteiger charge is -2.33. The summed E-state index contributed by atoms with van der Waals surface area (Å²) in [5.41, 5.74) is 0.808. The van der Waals surface area contributed by atoms with E-state index in [1.165, 1.54) is 5.56 Å². The molecule has 2 heterocycles. The molecule has 4 heteroatoms. The van der Waals surface area contributed by atoms with Crippen LogP contribution < -0.4 is 5.32 Å². The Morgan fingerprint density at radius 1 is 1.32 bits per heavy atom. The summed E-state index contributed by atoms with van der Waals surface area (Å²) in [4.78, 5) is 2.53. The lowest BCUT2D eigenvalue weighted by atomic mass is 9.94. The molecule has 0 aromatic heterocycles. The number of hydrogen-bond donors (Lipinski definition) is 2. The van der Waals surface area contributed by atoms with E-state index in [9.17, 15) is 5.11 Å². The SMILES string of the molecule is CC(c1ccccc1)N1CCC(NCC2(O)CCOCC2)C1. The molecule has 2 saturated heterocycles. The highest BCUT2D eigenvalue weighted by atomic mass is 16.5. The van der Waals surface area contributed by atoms with Crippen molar-refractivity contribution in [1.82, 2.24) is 10.2 Å². The summed E-state index contributed by atoms with van der Waals surface area (Å²) in [6, 6.07) is 11.6. The molecule has 0 bridgehead atoms. The molecule has 2 unspecified atom stereocenters. The minimum Gasteiger partial charge on any atom is -0.388 e. The molecule has 4 nitrogen and oxygen atoms in total. The van der Waals surface area contributed by atoms with Crippen molar-refractivity contribution in [2.24, 2.45) is 0 Å². The van der Waals surface area contributed by atoms with Crippen molar-refractivity contribution >= 4 is 0 Å². The maximum absolute atomic E-state index is 10.5. The number of rotatable bonds is 5. The van der Waals surface area contributed by atoms with E-state index in [1.54, 1.807) is 0 Å². The normalized spacial score (nSPS) is 26.9. The van der Waals surface area contributed by atoms with Gasteiger partial charge in [-0.2, -0.15) is 0 Å². The van der Waals surface area contributed by atoms with Gasteiger partial charge in [0.15, 0.2) is 0 Å². The van der Waals surface area contributed by atoms with Gasteiger partial charge in [0.1, 0.15) is 0 Å². The monoisotopic (exact) mass is 304 g/mol. The second kappa shape index (κ2) is 7.09. The minimum atomic E-state index is -0.573. The van der Waals surface area contributed by atoms with Crippen LogP contribution in [0.2, 0.25) is 0 Å². The van der Waals surface area contributed by atoms with Gasteiger partial charge in [-0.3, -0.25) is 4.90 Å². The molecule has 0 saturated carbocycles. The van der Waals surface area contributed by atoms with E-state index in [0.717, 1.165) is 32.4 Å². The number of ether oxygens (including phenoxy) is 1. The molecule has 1 aromatic rings. The standard InChI is InChI=1S/C18H28N2O2/c1-15(16-5-3-2-4-6-16)20-10-7-17(13-20)19-14-18(21)8-11-22-12-9-18/h2-6,15,17,19,21H,7-14H2,1H3. The highest BCUT2D eigenvalue weighted by Crippen LogP contribution is 2.25. The summed E-state index contributed by atoms with van der Waals surface area (Å²) in [6.07, 6.45) is 2.65. The first-order valence-electron chi connectivity index (χ1n) is 8.49. The van der Waals surface area contributed by atoms with Crippen molar-refractivity contribution in [3.8, 4) is 0 Å². The Hall–Kier alpha value is -0.940. The third-order valence-corrected chi connectivity index (χ3v) is 5.19. The first-order chi connectivity index (χ1) is 10.7. The van der Waals surface area contributed by atoms with Crippen molar-refractivity contribution in [3.05, 3.63) is 35.9 Å². The quantitative estimate of drug-likeness (QED) is 0.873. The second-order valence-corrected chi connectivity index (χ2v) is 6.78. The number of nitrogens with one attached hydrogen (secondary N) is 1. The molecular formula is C18H28N2O2. The van der Waals surface area contributed by atoms with Crippen LogP contribution in [-0.4, -0.2) is 54.5 Å². The van der Waals surface area contributed by atoms with E-state index >= 15 is 0 Å². The zero-order valence-electron chi connectivity index (χ0n) is 13.5. The maximum atomic E-state index is 10.5. The van der Waals surface area contributed by atoms with Crippen LogP contribution in [0, 0.1) is 0 Å². The highest BCUT2D eigenvalue weighted by Gasteiger charge is 2.32. The smallest absolute Gasteiger partial charge is 0.0815 e. The Morgan fingerprint density at radius 3 is 2.77 bits per heavy atom. The maximum Gasteiger partial charge on any atom is 0.0815 e. The average molecular weight is 304 g/mol. The first-order valence-corrected chi connectivity index (χ1v) is 8.49. The molecule has 22 heavy (non-hydrogen) atoms. The van der Waals surface area contributed by atoms with E-state index in [-0.39, 0.29) is 0 Å². The van der Waals surface area contributed by atoms with Crippen LogP contribution in [0.4, 0.5) is 0 Å². The fraction of sp³-hybridized carbons (Fsp3) is 0.667. The third-order valence-electron chi connectivity index (χ3n) is 5.19. The third kappa shape index (κ3) is 3.87. The Bertz CT molecular complexity index is 459. The van der Waals surface area contributed by atoms with Gasteiger partial charge < -0.3 is 15.2 Å². The van der Waals surface area contributed by atoms with Gasteiger partial charge in [0.2, 0.25) is 0 Å². The van der Waals surface area contributed by atoms with Crippen molar-refractivity contribution in [2.75, 3.05) is 32.8 Å². The fourth-order valence-corrected chi connectivity index (χ4v) is 3.51. The molecule has 2 aliphatic heterocycles. The summed E-state index contributed by atoms with van der Waals surface area (Å²) in [6.45, 7) is 6.51. The van der Waals surface area contributed by atoms with Crippen molar-refractivity contribution in [1.29, 1.82) is 0 Å². The Labute approximate surface area is 133 Å². The summed E-state index contributed by atoms with van der Waals surface area (Å²) in [5, 5.41) is 14.1. The number of likely N-dealkylation sites (tertiary alicyclic amines) is 1. The van der Waals surface area contributed by atoms with E-state index in [2.05, 4.69) is 47.5 Å². The zero-order valence-corrected chi connectivity index (χ0v) is 13.5. The Balaban J connectivity index is 1.48. The summed E-state index contributed by atoms with van der Waals surface area (Å²) in [7, 11) is 0. The Kier molecular flexibility index (Phi) is 5.14. The lowest BCUT2D eigenvalue weighted by molar-refractivity contribution is -0.0626. The fourth-order valence-electron chi connectivity index (χ4n) is 3.51. The molecule has 1 aromatic carbocycles. The molecule has 2 fully saturated rings. The number of nitrogens with zero attached hydrogens (tertiary/aromatic N) is 1. The van der Waals surface area contributed by atoms with Crippen LogP contribution in [0.15, 0.2) is 30.3 Å². The molecule has 0 aliphatic carbocycles. The predicted octanol–water partition coefficient (Wildman–Crippen LogP) is 1.95. The second-order valence-electron chi connectivity index (χ2n) is 6.78. The van der Waals surface area contributed by atoms with Crippen molar-refractivity contribution in [3.63, 3.8) is 0 Å². The van der Waals surface area contributed by atoms with Gasteiger partial charge in [0.25, 0.3) is 0 Å². The van der Waals surface area contributed by atoms with Gasteiger partial charge in [-0.1, -0.05) is 30.3 Å². The number of benzene rings is 1.